The van der Waals surface area contributed by atoms with Gasteiger partial charge in [0.1, 0.15) is 17.7 Å². The van der Waals surface area contributed by atoms with Crippen molar-refractivity contribution in [2.24, 2.45) is 0 Å². The fourth-order valence-electron chi connectivity index (χ4n) is 2.23. The molecule has 1 heterocycles. The number of pyridine rings is 1. The maximum Gasteiger partial charge on any atom is 0.132 e. The Morgan fingerprint density at radius 3 is 1.95 bits per heavy atom. The highest BCUT2D eigenvalue weighted by Crippen LogP contribution is 2.28. The van der Waals surface area contributed by atoms with Gasteiger partial charge in [0.05, 0.1) is 17.0 Å². The summed E-state index contributed by atoms with van der Waals surface area (Å²) >= 11 is 0. The maximum atomic E-state index is 14.0. The first-order valence-corrected chi connectivity index (χ1v) is 6.61. The van der Waals surface area contributed by atoms with E-state index in [1.54, 1.807) is 42.5 Å². The lowest BCUT2D eigenvalue weighted by Gasteiger charge is -2.08. The summed E-state index contributed by atoms with van der Waals surface area (Å²) in [5.74, 6) is -0.892. The largest absolute Gasteiger partial charge is 0.246 e. The summed E-state index contributed by atoms with van der Waals surface area (Å²) in [4.78, 5) is 4.30. The summed E-state index contributed by atoms with van der Waals surface area (Å²) in [5, 5.41) is 9.20. The molecule has 0 saturated heterocycles. The van der Waals surface area contributed by atoms with Gasteiger partial charge in [-0.25, -0.2) is 13.8 Å². The molecule has 0 saturated carbocycles. The lowest BCUT2D eigenvalue weighted by atomic mass is 10.0. The van der Waals surface area contributed by atoms with E-state index >= 15 is 0 Å². The molecule has 2 nitrogen and oxygen atoms in total. The van der Waals surface area contributed by atoms with E-state index in [9.17, 15) is 14.0 Å². The number of hydrogen-bond acceptors (Lipinski definition) is 2. The van der Waals surface area contributed by atoms with Crippen LogP contribution in [0.2, 0.25) is 0 Å². The number of benzene rings is 2. The van der Waals surface area contributed by atoms with Gasteiger partial charge in [0.2, 0.25) is 0 Å². The predicted molar refractivity (Wildman–Crippen MR) is 79.7 cm³/mol. The van der Waals surface area contributed by atoms with Crippen molar-refractivity contribution in [3.63, 3.8) is 0 Å². The van der Waals surface area contributed by atoms with E-state index in [0.717, 1.165) is 0 Å². The minimum Gasteiger partial charge on any atom is -0.246 e. The summed E-state index contributed by atoms with van der Waals surface area (Å²) in [7, 11) is 0. The number of nitrogens with zero attached hydrogens (tertiary/aromatic N) is 2. The molecule has 3 rings (SSSR count). The molecule has 0 N–H and O–H groups in total. The standard InChI is InChI=1S/C18H10F2N2/c19-15-7-3-1-5-13(15)17-10-9-12(11-21)18(22-17)14-6-2-4-8-16(14)20/h1-10H. The zero-order chi connectivity index (χ0) is 15.5. The van der Waals surface area contributed by atoms with Gasteiger partial charge in [-0.3, -0.25) is 0 Å². The highest BCUT2D eigenvalue weighted by Gasteiger charge is 2.14. The van der Waals surface area contributed by atoms with Crippen molar-refractivity contribution in [2.75, 3.05) is 0 Å². The Morgan fingerprint density at radius 2 is 1.36 bits per heavy atom. The fourth-order valence-corrected chi connectivity index (χ4v) is 2.23. The lowest BCUT2D eigenvalue weighted by Crippen LogP contribution is -1.95. The van der Waals surface area contributed by atoms with Crippen LogP contribution in [-0.2, 0) is 0 Å². The monoisotopic (exact) mass is 292 g/mol. The van der Waals surface area contributed by atoms with Crippen molar-refractivity contribution in [1.29, 1.82) is 5.26 Å². The Morgan fingerprint density at radius 1 is 0.773 bits per heavy atom. The Labute approximate surface area is 126 Å². The van der Waals surface area contributed by atoms with Crippen molar-refractivity contribution in [3.8, 4) is 28.6 Å². The second-order valence-electron chi connectivity index (χ2n) is 4.66. The van der Waals surface area contributed by atoms with Crippen LogP contribution in [0.5, 0.6) is 0 Å². The fraction of sp³-hybridized carbons (Fsp3) is 0. The van der Waals surface area contributed by atoms with Crippen molar-refractivity contribution in [3.05, 3.63) is 77.9 Å². The van der Waals surface area contributed by atoms with Crippen LogP contribution in [-0.4, -0.2) is 4.98 Å². The summed E-state index contributed by atoms with van der Waals surface area (Å²) in [6.07, 6.45) is 0. The molecule has 0 bridgehead atoms. The molecule has 106 valence electrons. The van der Waals surface area contributed by atoms with Crippen LogP contribution >= 0.6 is 0 Å². The Hall–Kier alpha value is -3.06. The highest BCUT2D eigenvalue weighted by molar-refractivity contribution is 5.71. The van der Waals surface area contributed by atoms with Crippen LogP contribution in [0.1, 0.15) is 5.56 Å². The van der Waals surface area contributed by atoms with Crippen molar-refractivity contribution >= 4 is 0 Å². The number of rotatable bonds is 2. The molecular weight excluding hydrogens is 282 g/mol. The third kappa shape index (κ3) is 2.45. The zero-order valence-corrected chi connectivity index (χ0v) is 11.4. The van der Waals surface area contributed by atoms with Gasteiger partial charge >= 0.3 is 0 Å². The molecule has 0 amide bonds. The molecule has 0 aliphatic carbocycles. The topological polar surface area (TPSA) is 36.7 Å². The Kier molecular flexibility index (Phi) is 3.63. The minimum atomic E-state index is -0.475. The van der Waals surface area contributed by atoms with Gasteiger partial charge in [-0.15, -0.1) is 0 Å². The average molecular weight is 292 g/mol. The summed E-state index contributed by atoms with van der Waals surface area (Å²) in [6, 6.07) is 17.3. The van der Waals surface area contributed by atoms with Crippen LogP contribution in [0.25, 0.3) is 22.5 Å². The Bertz CT molecular complexity index is 882. The van der Waals surface area contributed by atoms with Crippen LogP contribution in [0.4, 0.5) is 8.78 Å². The van der Waals surface area contributed by atoms with Gasteiger partial charge in [-0.1, -0.05) is 24.3 Å². The van der Waals surface area contributed by atoms with Gasteiger partial charge < -0.3 is 0 Å². The first kappa shape index (κ1) is 13.9. The first-order valence-electron chi connectivity index (χ1n) is 6.61. The van der Waals surface area contributed by atoms with E-state index in [1.165, 1.54) is 18.2 Å². The van der Waals surface area contributed by atoms with Gasteiger partial charge in [-0.05, 0) is 36.4 Å². The predicted octanol–water partition coefficient (Wildman–Crippen LogP) is 4.57. The van der Waals surface area contributed by atoms with Gasteiger partial charge in [0.25, 0.3) is 0 Å². The quantitative estimate of drug-likeness (QED) is 0.694. The lowest BCUT2D eigenvalue weighted by molar-refractivity contribution is 0.630. The molecule has 0 unspecified atom stereocenters. The van der Waals surface area contributed by atoms with Crippen molar-refractivity contribution in [1.82, 2.24) is 4.98 Å². The van der Waals surface area contributed by atoms with Crippen molar-refractivity contribution in [2.45, 2.75) is 0 Å². The number of aromatic nitrogens is 1. The number of hydrogen-bond donors (Lipinski definition) is 0. The number of nitriles is 1. The average Bonchev–Trinajstić information content (AvgIpc) is 2.55. The van der Waals surface area contributed by atoms with E-state index in [1.807, 2.05) is 6.07 Å². The van der Waals surface area contributed by atoms with E-state index in [-0.39, 0.29) is 16.8 Å². The van der Waals surface area contributed by atoms with Crippen LogP contribution in [0.3, 0.4) is 0 Å². The molecule has 0 aliphatic rings. The normalized spacial score (nSPS) is 10.2. The van der Waals surface area contributed by atoms with Gasteiger partial charge in [0, 0.05) is 11.1 Å². The molecule has 0 spiro atoms. The van der Waals surface area contributed by atoms with Gasteiger partial charge in [-0.2, -0.15) is 5.26 Å². The van der Waals surface area contributed by atoms with Crippen LogP contribution in [0, 0.1) is 23.0 Å². The summed E-state index contributed by atoms with van der Waals surface area (Å²) < 4.78 is 27.9. The molecule has 1 aromatic heterocycles. The number of halogens is 2. The molecular formula is C18H10F2N2. The maximum absolute atomic E-state index is 14.0. The third-order valence-electron chi connectivity index (χ3n) is 3.29. The third-order valence-corrected chi connectivity index (χ3v) is 3.29. The smallest absolute Gasteiger partial charge is 0.132 e. The Balaban J connectivity index is 2.23. The van der Waals surface area contributed by atoms with E-state index in [4.69, 9.17) is 0 Å². The molecule has 0 fully saturated rings. The molecule has 0 aliphatic heterocycles. The molecule has 2 aromatic carbocycles. The summed E-state index contributed by atoms with van der Waals surface area (Å²) in [6.45, 7) is 0. The van der Waals surface area contributed by atoms with Crippen LogP contribution < -0.4 is 0 Å². The zero-order valence-electron chi connectivity index (χ0n) is 11.4. The molecule has 4 heteroatoms. The highest BCUT2D eigenvalue weighted by atomic mass is 19.1. The molecule has 22 heavy (non-hydrogen) atoms. The first-order chi connectivity index (χ1) is 10.7. The second kappa shape index (κ2) is 5.74. The molecule has 0 atom stereocenters. The van der Waals surface area contributed by atoms with Gasteiger partial charge in [0.15, 0.2) is 0 Å². The summed E-state index contributed by atoms with van der Waals surface area (Å²) in [5.41, 5.74) is 1.34. The SMILES string of the molecule is N#Cc1ccc(-c2ccccc2F)nc1-c1ccccc1F. The van der Waals surface area contributed by atoms with E-state index < -0.39 is 11.6 Å². The van der Waals surface area contributed by atoms with E-state index in [2.05, 4.69) is 4.98 Å². The second-order valence-corrected chi connectivity index (χ2v) is 4.66. The van der Waals surface area contributed by atoms with Crippen LogP contribution in [0.15, 0.2) is 60.7 Å². The van der Waals surface area contributed by atoms with Crippen molar-refractivity contribution < 1.29 is 8.78 Å². The molecule has 3 aromatic rings. The van der Waals surface area contributed by atoms with E-state index in [0.29, 0.717) is 11.3 Å². The minimum absolute atomic E-state index is 0.210. The molecule has 0 radical (unpaired) electrons.